The van der Waals surface area contributed by atoms with Gasteiger partial charge in [-0.25, -0.2) is 9.50 Å². The van der Waals surface area contributed by atoms with Crippen molar-refractivity contribution in [1.29, 1.82) is 0 Å². The molecule has 3 unspecified atom stereocenters. The van der Waals surface area contributed by atoms with Crippen LogP contribution in [0.25, 0.3) is 5.65 Å². The lowest BCUT2D eigenvalue weighted by Crippen LogP contribution is -2.46. The summed E-state index contributed by atoms with van der Waals surface area (Å²) in [6.07, 6.45) is -3.83. The number of carbonyl (C=O) groups excluding carboxylic acids is 1. The number of hydrogen-bond acceptors (Lipinski definition) is 6. The van der Waals surface area contributed by atoms with E-state index in [2.05, 4.69) is 15.4 Å². The van der Waals surface area contributed by atoms with Gasteiger partial charge in [-0.1, -0.05) is 13.8 Å². The fraction of sp³-hybridized carbons (Fsp3) is 0.632. The number of carbonyl (C=O) groups is 1. The van der Waals surface area contributed by atoms with E-state index in [1.807, 2.05) is 13.8 Å². The van der Waals surface area contributed by atoms with Crippen molar-refractivity contribution in [1.82, 2.24) is 19.9 Å². The predicted octanol–water partition coefficient (Wildman–Crippen LogP) is 2.25. The van der Waals surface area contributed by atoms with Crippen molar-refractivity contribution < 1.29 is 27.8 Å². The molecule has 4 rings (SSSR count). The van der Waals surface area contributed by atoms with E-state index in [0.717, 1.165) is 0 Å². The van der Waals surface area contributed by atoms with Crippen LogP contribution in [0, 0.1) is 18.8 Å². The van der Waals surface area contributed by atoms with Crippen LogP contribution in [-0.4, -0.2) is 56.9 Å². The molecule has 11 heteroatoms. The van der Waals surface area contributed by atoms with Crippen molar-refractivity contribution in [3.05, 3.63) is 23.5 Å². The minimum absolute atomic E-state index is 0.0511. The summed E-state index contributed by atoms with van der Waals surface area (Å²) in [6, 6.07) is -0.204. The standard InChI is InChI=1S/C19H24F3N5O3/c1-9(2)13-8-26(18(29)30-13)14-6-10(3)27-16(24-14)12(7-23-27)17(28)25-15(11-4-5-11)19(20,21)22/h6-7,9,11,13,15,18,29H,4-5,8H2,1-3H3,(H,25,28). The largest absolute Gasteiger partial charge is 0.408 e. The van der Waals surface area contributed by atoms with Gasteiger partial charge in [0.15, 0.2) is 5.65 Å². The van der Waals surface area contributed by atoms with Crippen LogP contribution in [0.1, 0.15) is 42.7 Å². The van der Waals surface area contributed by atoms with Crippen molar-refractivity contribution in [2.75, 3.05) is 11.4 Å². The first kappa shape index (κ1) is 20.9. The summed E-state index contributed by atoms with van der Waals surface area (Å²) in [5, 5.41) is 16.5. The van der Waals surface area contributed by atoms with Crippen LogP contribution in [0.2, 0.25) is 0 Å². The molecule has 0 spiro atoms. The lowest BCUT2D eigenvalue weighted by molar-refractivity contribution is -0.158. The van der Waals surface area contributed by atoms with Crippen LogP contribution in [0.5, 0.6) is 0 Å². The molecule has 2 fully saturated rings. The van der Waals surface area contributed by atoms with Crippen molar-refractivity contribution in [2.24, 2.45) is 11.8 Å². The number of nitrogens with one attached hydrogen (secondary N) is 1. The molecule has 3 heterocycles. The third-order valence-electron chi connectivity index (χ3n) is 5.59. The van der Waals surface area contributed by atoms with Crippen LogP contribution in [-0.2, 0) is 4.74 Å². The molecular weight excluding hydrogens is 403 g/mol. The first-order valence-corrected chi connectivity index (χ1v) is 9.89. The number of fused-ring (bicyclic) bond motifs is 1. The highest BCUT2D eigenvalue weighted by Crippen LogP contribution is 2.40. The maximum Gasteiger partial charge on any atom is 0.408 e. The SMILES string of the molecule is Cc1cc(N2CC(C(C)C)OC2O)nc2c(C(=O)NC(C3CC3)C(F)(F)F)cnn12. The second-order valence-corrected chi connectivity index (χ2v) is 8.28. The number of hydrogen-bond donors (Lipinski definition) is 2. The summed E-state index contributed by atoms with van der Waals surface area (Å²) in [5.41, 5.74) is 0.688. The number of alkyl halides is 3. The third kappa shape index (κ3) is 3.83. The first-order valence-electron chi connectivity index (χ1n) is 9.89. The number of aliphatic hydroxyl groups is 1. The quantitative estimate of drug-likeness (QED) is 0.761. The molecule has 0 bridgehead atoms. The Bertz CT molecular complexity index is 957. The second-order valence-electron chi connectivity index (χ2n) is 8.28. The van der Waals surface area contributed by atoms with Gasteiger partial charge in [-0.05, 0) is 31.6 Å². The van der Waals surface area contributed by atoms with E-state index >= 15 is 0 Å². The number of rotatable bonds is 5. The number of aryl methyl sites for hydroxylation is 1. The molecule has 2 N–H and O–H groups in total. The van der Waals surface area contributed by atoms with E-state index in [0.29, 0.717) is 30.9 Å². The average molecular weight is 427 g/mol. The Labute approximate surface area is 171 Å². The minimum Gasteiger partial charge on any atom is -0.351 e. The average Bonchev–Trinajstić information content (AvgIpc) is 3.26. The highest BCUT2D eigenvalue weighted by molar-refractivity contribution is 6.00. The Balaban J connectivity index is 1.65. The van der Waals surface area contributed by atoms with E-state index in [1.54, 1.807) is 17.9 Å². The van der Waals surface area contributed by atoms with Crippen LogP contribution < -0.4 is 10.2 Å². The van der Waals surface area contributed by atoms with E-state index in [4.69, 9.17) is 4.74 Å². The lowest BCUT2D eigenvalue weighted by Gasteiger charge is -2.21. The van der Waals surface area contributed by atoms with Gasteiger partial charge in [-0.15, -0.1) is 0 Å². The van der Waals surface area contributed by atoms with Gasteiger partial charge in [0.05, 0.1) is 18.8 Å². The first-order chi connectivity index (χ1) is 14.1. The van der Waals surface area contributed by atoms with Crippen LogP contribution >= 0.6 is 0 Å². The monoisotopic (exact) mass is 427 g/mol. The molecule has 0 aromatic carbocycles. The molecule has 164 valence electrons. The molecular formula is C19H24F3N5O3. The number of aliphatic hydroxyl groups excluding tert-OH is 1. The Kier molecular flexibility index (Phi) is 5.13. The number of halogens is 3. The number of nitrogens with zero attached hydrogens (tertiary/aromatic N) is 4. The summed E-state index contributed by atoms with van der Waals surface area (Å²) >= 11 is 0. The molecule has 1 aliphatic heterocycles. The van der Waals surface area contributed by atoms with Crippen LogP contribution in [0.15, 0.2) is 12.3 Å². The van der Waals surface area contributed by atoms with E-state index in [9.17, 15) is 23.1 Å². The topological polar surface area (TPSA) is 92.0 Å². The molecule has 1 aliphatic carbocycles. The molecule has 3 atom stereocenters. The number of aromatic nitrogens is 3. The molecule has 30 heavy (non-hydrogen) atoms. The molecule has 2 aliphatic rings. The minimum atomic E-state index is -4.52. The molecule has 1 saturated carbocycles. The predicted molar refractivity (Wildman–Crippen MR) is 101 cm³/mol. The Morgan fingerprint density at radius 2 is 2.07 bits per heavy atom. The molecule has 1 amide bonds. The zero-order valence-electron chi connectivity index (χ0n) is 16.8. The molecule has 2 aromatic rings. The van der Waals surface area contributed by atoms with Crippen LogP contribution in [0.4, 0.5) is 19.0 Å². The Hall–Kier alpha value is -2.40. The molecule has 8 nitrogen and oxygen atoms in total. The fourth-order valence-electron chi connectivity index (χ4n) is 3.65. The van der Waals surface area contributed by atoms with Crippen molar-refractivity contribution in [3.63, 3.8) is 0 Å². The molecule has 2 aromatic heterocycles. The smallest absolute Gasteiger partial charge is 0.351 e. The summed E-state index contributed by atoms with van der Waals surface area (Å²) in [6.45, 7) is 6.08. The van der Waals surface area contributed by atoms with Gasteiger partial charge in [0.2, 0.25) is 6.41 Å². The van der Waals surface area contributed by atoms with E-state index in [-0.39, 0.29) is 23.2 Å². The normalized spacial score (nSPS) is 23.4. The highest BCUT2D eigenvalue weighted by Gasteiger charge is 2.50. The van der Waals surface area contributed by atoms with Crippen molar-refractivity contribution in [3.8, 4) is 0 Å². The number of ether oxygens (including phenoxy) is 1. The Morgan fingerprint density at radius 1 is 1.37 bits per heavy atom. The van der Waals surface area contributed by atoms with E-state index < -0.39 is 30.5 Å². The zero-order chi connectivity index (χ0) is 21.8. The molecule has 0 radical (unpaired) electrons. The second kappa shape index (κ2) is 7.38. The maximum atomic E-state index is 13.3. The fourth-order valence-corrected chi connectivity index (χ4v) is 3.65. The van der Waals surface area contributed by atoms with E-state index in [1.165, 1.54) is 10.7 Å². The van der Waals surface area contributed by atoms with Gasteiger partial charge in [-0.2, -0.15) is 18.3 Å². The van der Waals surface area contributed by atoms with Gasteiger partial charge in [0.1, 0.15) is 17.4 Å². The number of anilines is 1. The van der Waals surface area contributed by atoms with Gasteiger partial charge in [-0.3, -0.25) is 4.79 Å². The van der Waals surface area contributed by atoms with Crippen molar-refractivity contribution >= 4 is 17.4 Å². The van der Waals surface area contributed by atoms with Gasteiger partial charge in [0, 0.05) is 11.8 Å². The van der Waals surface area contributed by atoms with Crippen molar-refractivity contribution in [2.45, 2.75) is 58.3 Å². The van der Waals surface area contributed by atoms with Crippen LogP contribution in [0.3, 0.4) is 0 Å². The summed E-state index contributed by atoms with van der Waals surface area (Å²) < 4.78 is 46.8. The zero-order valence-corrected chi connectivity index (χ0v) is 16.8. The summed E-state index contributed by atoms with van der Waals surface area (Å²) in [4.78, 5) is 18.6. The summed E-state index contributed by atoms with van der Waals surface area (Å²) in [5.74, 6) is -0.931. The van der Waals surface area contributed by atoms with Gasteiger partial charge >= 0.3 is 6.18 Å². The van der Waals surface area contributed by atoms with Gasteiger partial charge < -0.3 is 20.1 Å². The highest BCUT2D eigenvalue weighted by atomic mass is 19.4. The lowest BCUT2D eigenvalue weighted by atomic mass is 10.1. The Morgan fingerprint density at radius 3 is 2.63 bits per heavy atom. The maximum absolute atomic E-state index is 13.3. The molecule has 1 saturated heterocycles. The number of amides is 1. The summed E-state index contributed by atoms with van der Waals surface area (Å²) in [7, 11) is 0. The third-order valence-corrected chi connectivity index (χ3v) is 5.59. The van der Waals surface area contributed by atoms with Gasteiger partial charge in [0.25, 0.3) is 5.91 Å².